The minimum absolute atomic E-state index is 0.0680. The number of hydrogen-bond donors (Lipinski definition) is 1. The third-order valence-electron chi connectivity index (χ3n) is 5.05. The van der Waals surface area contributed by atoms with E-state index in [0.29, 0.717) is 46.1 Å². The quantitative estimate of drug-likeness (QED) is 0.281. The second-order valence-corrected chi connectivity index (χ2v) is 7.36. The van der Waals surface area contributed by atoms with Gasteiger partial charge in [-0.2, -0.15) is 0 Å². The molecule has 32 heavy (non-hydrogen) atoms. The van der Waals surface area contributed by atoms with Crippen molar-refractivity contribution in [3.8, 4) is 23.0 Å². The van der Waals surface area contributed by atoms with E-state index in [4.69, 9.17) is 14.2 Å². The van der Waals surface area contributed by atoms with E-state index in [1.54, 1.807) is 50.2 Å². The molecule has 0 radical (unpaired) electrons. The van der Waals surface area contributed by atoms with Crippen LogP contribution in [0, 0.1) is 13.8 Å². The molecular weight excluding hydrogens is 408 g/mol. The van der Waals surface area contributed by atoms with Crippen LogP contribution in [0.4, 0.5) is 0 Å². The summed E-state index contributed by atoms with van der Waals surface area (Å²) in [5.41, 5.74) is 2.10. The van der Waals surface area contributed by atoms with Gasteiger partial charge in [0.15, 0.2) is 0 Å². The molecule has 0 aliphatic carbocycles. The third-order valence-corrected chi connectivity index (χ3v) is 5.05. The van der Waals surface area contributed by atoms with Gasteiger partial charge in [-0.05, 0) is 92.1 Å². The second kappa shape index (κ2) is 10.5. The van der Waals surface area contributed by atoms with Gasteiger partial charge in [0.05, 0.1) is 17.7 Å². The maximum atomic E-state index is 12.6. The van der Waals surface area contributed by atoms with Crippen molar-refractivity contribution in [3.63, 3.8) is 0 Å². The number of phenolic OH excluding ortho intramolecular Hbond substituents is 1. The van der Waals surface area contributed by atoms with E-state index in [1.807, 2.05) is 0 Å². The smallest absolute Gasteiger partial charge is 0.343 e. The molecule has 6 nitrogen and oxygen atoms in total. The second-order valence-electron chi connectivity index (χ2n) is 7.36. The molecule has 0 saturated heterocycles. The Bertz CT molecular complexity index is 1080. The minimum atomic E-state index is -0.543. The summed E-state index contributed by atoms with van der Waals surface area (Å²) in [5.74, 6) is 0.509. The summed E-state index contributed by atoms with van der Waals surface area (Å²) in [7, 11) is 0. The lowest BCUT2D eigenvalue weighted by atomic mass is 10.1. The van der Waals surface area contributed by atoms with Crippen molar-refractivity contribution in [1.29, 1.82) is 0 Å². The molecule has 0 aliphatic heterocycles. The zero-order chi connectivity index (χ0) is 23.1. The molecular formula is C26H26O6. The molecule has 1 N–H and O–H groups in total. The molecule has 0 unspecified atom stereocenters. The van der Waals surface area contributed by atoms with Gasteiger partial charge < -0.3 is 19.3 Å². The normalized spacial score (nSPS) is 10.5. The largest absolute Gasteiger partial charge is 0.508 e. The van der Waals surface area contributed by atoms with Crippen LogP contribution in [0.1, 0.15) is 51.6 Å². The van der Waals surface area contributed by atoms with E-state index >= 15 is 0 Å². The van der Waals surface area contributed by atoms with E-state index in [0.717, 1.165) is 12.8 Å². The van der Waals surface area contributed by atoms with Crippen LogP contribution < -0.4 is 14.2 Å². The fourth-order valence-electron chi connectivity index (χ4n) is 2.93. The Morgan fingerprint density at radius 2 is 1.22 bits per heavy atom. The van der Waals surface area contributed by atoms with Crippen molar-refractivity contribution < 1.29 is 28.9 Å². The Hall–Kier alpha value is -3.80. The fraction of sp³-hybridized carbons (Fsp3) is 0.231. The van der Waals surface area contributed by atoms with Crippen LogP contribution in [-0.4, -0.2) is 23.7 Å². The van der Waals surface area contributed by atoms with Gasteiger partial charge in [-0.25, -0.2) is 9.59 Å². The first kappa shape index (κ1) is 22.9. The molecule has 0 atom stereocenters. The van der Waals surface area contributed by atoms with Crippen molar-refractivity contribution in [2.45, 2.75) is 33.6 Å². The van der Waals surface area contributed by atoms with Crippen LogP contribution in [0.25, 0.3) is 0 Å². The van der Waals surface area contributed by atoms with Crippen LogP contribution in [0.3, 0.4) is 0 Å². The standard InChI is InChI=1S/C26H26O6/c1-4-5-16-30-22-12-8-20(9-13-22)26(29)32-24-15-14-23(17(2)18(24)3)31-25(28)19-6-10-21(27)11-7-19/h6-15,27H,4-5,16H2,1-3H3. The molecule has 0 spiro atoms. The summed E-state index contributed by atoms with van der Waals surface area (Å²) in [6.07, 6.45) is 2.03. The number of phenols is 1. The van der Waals surface area contributed by atoms with Crippen LogP contribution in [-0.2, 0) is 0 Å². The molecule has 0 amide bonds. The molecule has 166 valence electrons. The molecule has 0 aliphatic rings. The number of rotatable bonds is 8. The molecule has 3 aromatic rings. The Balaban J connectivity index is 1.67. The first-order valence-corrected chi connectivity index (χ1v) is 10.5. The molecule has 0 bridgehead atoms. The topological polar surface area (TPSA) is 82.1 Å². The summed E-state index contributed by atoms with van der Waals surface area (Å²) in [4.78, 5) is 24.9. The Labute approximate surface area is 187 Å². The van der Waals surface area contributed by atoms with Gasteiger partial charge in [0.25, 0.3) is 0 Å². The van der Waals surface area contributed by atoms with Crippen molar-refractivity contribution in [1.82, 2.24) is 0 Å². The summed E-state index contributed by atoms with van der Waals surface area (Å²) in [6, 6.07) is 15.8. The highest BCUT2D eigenvalue weighted by Gasteiger charge is 2.16. The average Bonchev–Trinajstić information content (AvgIpc) is 2.79. The summed E-state index contributed by atoms with van der Waals surface area (Å²) >= 11 is 0. The van der Waals surface area contributed by atoms with E-state index in [2.05, 4.69) is 6.92 Å². The summed E-state index contributed by atoms with van der Waals surface area (Å²) in [5, 5.41) is 9.35. The maximum Gasteiger partial charge on any atom is 0.343 e. The molecule has 0 aromatic heterocycles. The molecule has 0 heterocycles. The highest BCUT2D eigenvalue weighted by atomic mass is 16.5. The average molecular weight is 434 g/mol. The first-order valence-electron chi connectivity index (χ1n) is 10.5. The maximum absolute atomic E-state index is 12.6. The van der Waals surface area contributed by atoms with Gasteiger partial charge in [-0.1, -0.05) is 13.3 Å². The van der Waals surface area contributed by atoms with E-state index in [9.17, 15) is 14.7 Å². The van der Waals surface area contributed by atoms with Gasteiger partial charge in [-0.3, -0.25) is 0 Å². The number of ether oxygens (including phenoxy) is 3. The van der Waals surface area contributed by atoms with Crippen LogP contribution >= 0.6 is 0 Å². The van der Waals surface area contributed by atoms with Gasteiger partial charge >= 0.3 is 11.9 Å². The molecule has 3 aromatic carbocycles. The lowest BCUT2D eigenvalue weighted by Gasteiger charge is -2.14. The number of carbonyl (C=O) groups excluding carboxylic acids is 2. The van der Waals surface area contributed by atoms with Gasteiger partial charge in [0.1, 0.15) is 23.0 Å². The predicted octanol–water partition coefficient (Wildman–Crippen LogP) is 5.63. The molecule has 0 saturated carbocycles. The Kier molecular flexibility index (Phi) is 7.49. The number of esters is 2. The SMILES string of the molecule is CCCCOc1ccc(C(=O)Oc2ccc(OC(=O)c3ccc(O)cc3)c(C)c2C)cc1. The molecule has 6 heteroatoms. The monoisotopic (exact) mass is 434 g/mol. The summed E-state index contributed by atoms with van der Waals surface area (Å²) < 4.78 is 16.6. The number of benzene rings is 3. The number of aromatic hydroxyl groups is 1. The van der Waals surface area contributed by atoms with Crippen molar-refractivity contribution >= 4 is 11.9 Å². The van der Waals surface area contributed by atoms with Gasteiger partial charge in [-0.15, -0.1) is 0 Å². The summed E-state index contributed by atoms with van der Waals surface area (Å²) in [6.45, 7) is 6.32. The van der Waals surface area contributed by atoms with Gasteiger partial charge in [0, 0.05) is 0 Å². The van der Waals surface area contributed by atoms with Crippen molar-refractivity contribution in [2.75, 3.05) is 6.61 Å². The van der Waals surface area contributed by atoms with Crippen LogP contribution in [0.2, 0.25) is 0 Å². The Morgan fingerprint density at radius 3 is 1.69 bits per heavy atom. The van der Waals surface area contributed by atoms with Crippen LogP contribution in [0.15, 0.2) is 60.7 Å². The number of carbonyl (C=O) groups is 2. The first-order chi connectivity index (χ1) is 15.4. The molecule has 0 fully saturated rings. The zero-order valence-electron chi connectivity index (χ0n) is 18.4. The minimum Gasteiger partial charge on any atom is -0.508 e. The van der Waals surface area contributed by atoms with Crippen LogP contribution in [0.5, 0.6) is 23.0 Å². The predicted molar refractivity (Wildman–Crippen MR) is 121 cm³/mol. The third kappa shape index (κ3) is 5.66. The Morgan fingerprint density at radius 1 is 0.750 bits per heavy atom. The zero-order valence-corrected chi connectivity index (χ0v) is 18.4. The number of unbranched alkanes of at least 4 members (excludes halogenated alkanes) is 1. The van der Waals surface area contributed by atoms with Crippen molar-refractivity contribution in [2.24, 2.45) is 0 Å². The van der Waals surface area contributed by atoms with E-state index in [1.165, 1.54) is 24.3 Å². The number of hydrogen-bond acceptors (Lipinski definition) is 6. The highest BCUT2D eigenvalue weighted by molar-refractivity contribution is 5.92. The molecule has 3 rings (SSSR count). The van der Waals surface area contributed by atoms with Gasteiger partial charge in [0.2, 0.25) is 0 Å². The lowest BCUT2D eigenvalue weighted by molar-refractivity contribution is 0.0717. The van der Waals surface area contributed by atoms with E-state index in [-0.39, 0.29) is 5.75 Å². The van der Waals surface area contributed by atoms with E-state index < -0.39 is 11.9 Å². The fourth-order valence-corrected chi connectivity index (χ4v) is 2.93. The highest BCUT2D eigenvalue weighted by Crippen LogP contribution is 2.30. The lowest BCUT2D eigenvalue weighted by Crippen LogP contribution is -2.12. The van der Waals surface area contributed by atoms with Crippen molar-refractivity contribution in [3.05, 3.63) is 82.9 Å².